The number of nitrogens with one attached hydrogen (secondary N) is 2. The van der Waals surface area contributed by atoms with Crippen LogP contribution in [0.25, 0.3) is 0 Å². The first kappa shape index (κ1) is 14.6. The van der Waals surface area contributed by atoms with Crippen molar-refractivity contribution in [2.75, 3.05) is 17.7 Å². The summed E-state index contributed by atoms with van der Waals surface area (Å²) in [6.45, 7) is 3.96. The van der Waals surface area contributed by atoms with Crippen molar-refractivity contribution < 1.29 is 4.79 Å². The molecular formula is C16H17BrN2O. The van der Waals surface area contributed by atoms with E-state index in [0.29, 0.717) is 5.56 Å². The molecule has 2 N–H and O–H groups in total. The molecule has 0 fully saturated rings. The number of hydrogen-bond acceptors (Lipinski definition) is 2. The van der Waals surface area contributed by atoms with E-state index < -0.39 is 0 Å². The molecule has 2 rings (SSSR count). The predicted molar refractivity (Wildman–Crippen MR) is 87.6 cm³/mol. The van der Waals surface area contributed by atoms with Gasteiger partial charge in [0.2, 0.25) is 0 Å². The minimum Gasteiger partial charge on any atom is -0.387 e. The van der Waals surface area contributed by atoms with Crippen molar-refractivity contribution in [3.8, 4) is 0 Å². The monoisotopic (exact) mass is 332 g/mol. The molecule has 1 amide bonds. The highest BCUT2D eigenvalue weighted by Gasteiger charge is 2.11. The zero-order chi connectivity index (χ0) is 14.7. The summed E-state index contributed by atoms with van der Waals surface area (Å²) < 4.78 is 1.03. The molecule has 0 aliphatic heterocycles. The molecule has 0 aromatic heterocycles. The van der Waals surface area contributed by atoms with Gasteiger partial charge in [0.25, 0.3) is 5.91 Å². The SMILES string of the molecule is CNc1ccc(C)cc1C(=O)Nc1ccc(Br)c(C)c1. The normalized spacial score (nSPS) is 10.2. The zero-order valence-corrected chi connectivity index (χ0v) is 13.3. The number of carbonyl (C=O) groups is 1. The van der Waals surface area contributed by atoms with Gasteiger partial charge in [-0.25, -0.2) is 0 Å². The van der Waals surface area contributed by atoms with Crippen LogP contribution in [0, 0.1) is 13.8 Å². The van der Waals surface area contributed by atoms with Gasteiger partial charge in [0.15, 0.2) is 0 Å². The average Bonchev–Trinajstić information content (AvgIpc) is 2.43. The van der Waals surface area contributed by atoms with Crippen LogP contribution in [-0.4, -0.2) is 13.0 Å². The largest absolute Gasteiger partial charge is 0.387 e. The Kier molecular flexibility index (Phi) is 4.45. The van der Waals surface area contributed by atoms with E-state index in [2.05, 4.69) is 26.6 Å². The molecule has 0 unspecified atom stereocenters. The van der Waals surface area contributed by atoms with Gasteiger partial charge in [-0.3, -0.25) is 4.79 Å². The van der Waals surface area contributed by atoms with Gasteiger partial charge >= 0.3 is 0 Å². The summed E-state index contributed by atoms with van der Waals surface area (Å²) in [5, 5.41) is 5.97. The fourth-order valence-electron chi connectivity index (χ4n) is 1.98. The fourth-order valence-corrected chi connectivity index (χ4v) is 2.23. The Balaban J connectivity index is 2.27. The number of rotatable bonds is 3. The summed E-state index contributed by atoms with van der Waals surface area (Å²) >= 11 is 3.45. The lowest BCUT2D eigenvalue weighted by atomic mass is 10.1. The van der Waals surface area contributed by atoms with Crippen LogP contribution in [0.15, 0.2) is 40.9 Å². The first-order valence-electron chi connectivity index (χ1n) is 6.37. The molecule has 3 nitrogen and oxygen atoms in total. The maximum atomic E-state index is 12.4. The summed E-state index contributed by atoms with van der Waals surface area (Å²) in [5.41, 5.74) is 4.40. The number of benzene rings is 2. The topological polar surface area (TPSA) is 41.1 Å². The standard InChI is InChI=1S/C16H17BrN2O/c1-10-4-7-15(18-3)13(8-10)16(20)19-12-5-6-14(17)11(2)9-12/h4-9,18H,1-3H3,(H,19,20). The Labute approximate surface area is 127 Å². The van der Waals surface area contributed by atoms with Crippen molar-refractivity contribution in [3.05, 3.63) is 57.6 Å². The van der Waals surface area contributed by atoms with Crippen molar-refractivity contribution >= 4 is 33.2 Å². The lowest BCUT2D eigenvalue weighted by Crippen LogP contribution is -2.14. The lowest BCUT2D eigenvalue weighted by molar-refractivity contribution is 0.102. The second kappa shape index (κ2) is 6.09. The molecule has 0 heterocycles. The smallest absolute Gasteiger partial charge is 0.257 e. The molecule has 0 atom stereocenters. The van der Waals surface area contributed by atoms with Gasteiger partial charge in [-0.2, -0.15) is 0 Å². The van der Waals surface area contributed by atoms with E-state index in [4.69, 9.17) is 0 Å². The van der Waals surface area contributed by atoms with Crippen LogP contribution in [0.2, 0.25) is 0 Å². The van der Waals surface area contributed by atoms with Crippen molar-refractivity contribution in [1.29, 1.82) is 0 Å². The van der Waals surface area contributed by atoms with Crippen molar-refractivity contribution in [2.45, 2.75) is 13.8 Å². The molecule has 0 bridgehead atoms. The quantitative estimate of drug-likeness (QED) is 0.876. The Bertz CT molecular complexity index is 653. The van der Waals surface area contributed by atoms with Gasteiger partial charge in [-0.15, -0.1) is 0 Å². The third-order valence-electron chi connectivity index (χ3n) is 3.10. The highest BCUT2D eigenvalue weighted by molar-refractivity contribution is 9.10. The third kappa shape index (κ3) is 3.20. The minimum absolute atomic E-state index is 0.111. The Morgan fingerprint density at radius 1 is 1.10 bits per heavy atom. The molecule has 0 spiro atoms. The number of carbonyl (C=O) groups excluding carboxylic acids is 1. The molecule has 0 saturated heterocycles. The summed E-state index contributed by atoms with van der Waals surface area (Å²) in [6.07, 6.45) is 0. The van der Waals surface area contributed by atoms with Crippen molar-refractivity contribution in [2.24, 2.45) is 0 Å². The second-order valence-corrected chi connectivity index (χ2v) is 5.57. The van der Waals surface area contributed by atoms with Gasteiger partial charge < -0.3 is 10.6 Å². The van der Waals surface area contributed by atoms with Gasteiger partial charge in [0.1, 0.15) is 0 Å². The van der Waals surface area contributed by atoms with Crippen LogP contribution >= 0.6 is 15.9 Å². The van der Waals surface area contributed by atoms with Gasteiger partial charge in [0, 0.05) is 22.9 Å². The first-order valence-corrected chi connectivity index (χ1v) is 7.16. The number of aryl methyl sites for hydroxylation is 2. The van der Waals surface area contributed by atoms with E-state index in [1.807, 2.05) is 57.3 Å². The summed E-state index contributed by atoms with van der Waals surface area (Å²) in [5.74, 6) is -0.111. The summed E-state index contributed by atoms with van der Waals surface area (Å²) in [4.78, 5) is 12.4. The molecular weight excluding hydrogens is 316 g/mol. The molecule has 20 heavy (non-hydrogen) atoms. The number of hydrogen-bond donors (Lipinski definition) is 2. The molecule has 2 aromatic rings. The summed E-state index contributed by atoms with van der Waals surface area (Å²) in [7, 11) is 1.81. The van der Waals surface area contributed by atoms with Crippen LogP contribution in [-0.2, 0) is 0 Å². The second-order valence-electron chi connectivity index (χ2n) is 4.72. The summed E-state index contributed by atoms with van der Waals surface area (Å²) in [6, 6.07) is 11.5. The van der Waals surface area contributed by atoms with E-state index in [-0.39, 0.29) is 5.91 Å². The Hall–Kier alpha value is -1.81. The predicted octanol–water partition coefficient (Wildman–Crippen LogP) is 4.36. The number of amides is 1. The Morgan fingerprint density at radius 3 is 2.50 bits per heavy atom. The fraction of sp³-hybridized carbons (Fsp3) is 0.188. The highest BCUT2D eigenvalue weighted by Crippen LogP contribution is 2.22. The molecule has 4 heteroatoms. The number of anilines is 2. The molecule has 104 valence electrons. The zero-order valence-electron chi connectivity index (χ0n) is 11.8. The van der Waals surface area contributed by atoms with E-state index in [1.54, 1.807) is 0 Å². The van der Waals surface area contributed by atoms with Crippen LogP contribution in [0.3, 0.4) is 0 Å². The van der Waals surface area contributed by atoms with Crippen LogP contribution in [0.1, 0.15) is 21.5 Å². The highest BCUT2D eigenvalue weighted by atomic mass is 79.9. The van der Waals surface area contributed by atoms with Gasteiger partial charge in [-0.1, -0.05) is 27.6 Å². The van der Waals surface area contributed by atoms with Crippen LogP contribution in [0.5, 0.6) is 0 Å². The molecule has 2 aromatic carbocycles. The molecule has 0 aliphatic carbocycles. The third-order valence-corrected chi connectivity index (χ3v) is 3.99. The van der Waals surface area contributed by atoms with E-state index >= 15 is 0 Å². The molecule has 0 saturated carbocycles. The number of halogens is 1. The van der Waals surface area contributed by atoms with Crippen molar-refractivity contribution in [1.82, 2.24) is 0 Å². The van der Waals surface area contributed by atoms with E-state index in [0.717, 1.165) is 27.0 Å². The van der Waals surface area contributed by atoms with E-state index in [9.17, 15) is 4.79 Å². The first-order chi connectivity index (χ1) is 9.51. The molecule has 0 aliphatic rings. The molecule has 0 radical (unpaired) electrons. The average molecular weight is 333 g/mol. The van der Waals surface area contributed by atoms with Crippen LogP contribution in [0.4, 0.5) is 11.4 Å². The maximum Gasteiger partial charge on any atom is 0.257 e. The lowest BCUT2D eigenvalue weighted by Gasteiger charge is -2.11. The van der Waals surface area contributed by atoms with Crippen molar-refractivity contribution in [3.63, 3.8) is 0 Å². The van der Waals surface area contributed by atoms with Gasteiger partial charge in [-0.05, 0) is 49.7 Å². The van der Waals surface area contributed by atoms with Crippen LogP contribution < -0.4 is 10.6 Å². The maximum absolute atomic E-state index is 12.4. The Morgan fingerprint density at radius 2 is 1.85 bits per heavy atom. The van der Waals surface area contributed by atoms with Gasteiger partial charge in [0.05, 0.1) is 5.56 Å². The minimum atomic E-state index is -0.111. The van der Waals surface area contributed by atoms with E-state index in [1.165, 1.54) is 0 Å².